The number of rotatable bonds is 5. The van der Waals surface area contributed by atoms with Crippen molar-refractivity contribution in [2.75, 3.05) is 4.81 Å². The zero-order valence-electron chi connectivity index (χ0n) is 25.8. The highest BCUT2D eigenvalue weighted by Crippen LogP contribution is 2.45. The van der Waals surface area contributed by atoms with Gasteiger partial charge in [-0.2, -0.15) is 0 Å². The van der Waals surface area contributed by atoms with Crippen LogP contribution < -0.4 is 10.3 Å². The summed E-state index contributed by atoms with van der Waals surface area (Å²) in [5.74, 6) is 4.01. The molecule has 0 N–H and O–H groups in total. The smallest absolute Gasteiger partial charge is 0.321 e. The van der Waals surface area contributed by atoms with E-state index in [0.717, 1.165) is 27.9 Å². The number of benzene rings is 4. The van der Waals surface area contributed by atoms with Crippen molar-refractivity contribution in [1.82, 2.24) is 24.9 Å². The summed E-state index contributed by atoms with van der Waals surface area (Å²) in [6.07, 6.45) is 13.5. The molecule has 0 fully saturated rings. The quantitative estimate of drug-likeness (QED) is 0.182. The van der Waals surface area contributed by atoms with Crippen LogP contribution in [0.1, 0.15) is 0 Å². The third-order valence-electron chi connectivity index (χ3n) is 8.94. The van der Waals surface area contributed by atoms with Crippen molar-refractivity contribution >= 4 is 18.0 Å². The molecule has 6 nitrogen and oxygen atoms in total. The summed E-state index contributed by atoms with van der Waals surface area (Å²) >= 11 is 0. The van der Waals surface area contributed by atoms with Gasteiger partial charge in [0.2, 0.25) is 0 Å². The largest absolute Gasteiger partial charge is 0.383 e. The Morgan fingerprint density at radius 1 is 0.479 bits per heavy atom. The summed E-state index contributed by atoms with van der Waals surface area (Å²) in [4.78, 5) is 25.8. The second-order valence-corrected chi connectivity index (χ2v) is 11.8. The number of anilines is 1. The number of nitrogens with zero attached hydrogens (tertiary/aromatic N) is 6. The normalized spacial score (nSPS) is 12.8. The van der Waals surface area contributed by atoms with Crippen LogP contribution in [-0.2, 0) is 0 Å². The van der Waals surface area contributed by atoms with Gasteiger partial charge in [0.15, 0.2) is 17.5 Å². The molecule has 0 bridgehead atoms. The molecule has 0 saturated heterocycles. The van der Waals surface area contributed by atoms with E-state index in [0.29, 0.717) is 17.5 Å². The zero-order valence-corrected chi connectivity index (χ0v) is 25.8. The molecule has 0 amide bonds. The minimum absolute atomic E-state index is 0.00175. The van der Waals surface area contributed by atoms with Crippen LogP contribution >= 0.6 is 0 Å². The lowest BCUT2D eigenvalue weighted by Gasteiger charge is -2.38. The fourth-order valence-corrected chi connectivity index (χ4v) is 6.76. The van der Waals surface area contributed by atoms with E-state index in [1.54, 1.807) is 24.8 Å². The van der Waals surface area contributed by atoms with Gasteiger partial charge < -0.3 is 4.81 Å². The number of fused-ring (bicyclic) bond motifs is 6. The van der Waals surface area contributed by atoms with Gasteiger partial charge >= 0.3 is 6.85 Å². The lowest BCUT2D eigenvalue weighted by Crippen LogP contribution is -2.50. The van der Waals surface area contributed by atoms with Gasteiger partial charge in [-0.05, 0) is 75.9 Å². The van der Waals surface area contributed by atoms with Crippen LogP contribution in [0.25, 0.3) is 67.5 Å². The number of pyridine rings is 2. The third kappa shape index (κ3) is 4.80. The molecule has 0 aliphatic carbocycles. The second-order valence-electron chi connectivity index (χ2n) is 11.8. The number of hydrogen-bond acceptors (Lipinski definition) is 6. The van der Waals surface area contributed by atoms with Gasteiger partial charge in [0.1, 0.15) is 0 Å². The molecule has 9 rings (SSSR count). The van der Waals surface area contributed by atoms with E-state index in [1.165, 1.54) is 33.3 Å². The maximum absolute atomic E-state index is 4.98. The first-order valence-electron chi connectivity index (χ1n) is 15.9. The predicted molar refractivity (Wildman–Crippen MR) is 194 cm³/mol. The number of hydrogen-bond donors (Lipinski definition) is 0. The molecule has 4 aromatic carbocycles. The Balaban J connectivity index is 1.28. The van der Waals surface area contributed by atoms with Gasteiger partial charge in [0.05, 0.1) is 0 Å². The van der Waals surface area contributed by atoms with Crippen LogP contribution in [0, 0.1) is 0 Å². The minimum Gasteiger partial charge on any atom is -0.383 e. The SMILES string of the molecule is C1=CB2c3c(-c4ccccc4)ccc(-c4ccccc4)c3-c3ccc(-c4nc(-c5cccnc5)nc(-c5cccnc5)n4)cc3N2C=C1. The van der Waals surface area contributed by atoms with Gasteiger partial charge in [-0.3, -0.25) is 9.97 Å². The highest BCUT2D eigenvalue weighted by Gasteiger charge is 2.37. The zero-order chi connectivity index (χ0) is 31.9. The average Bonchev–Trinajstić information content (AvgIpc) is 3.18. The van der Waals surface area contributed by atoms with E-state index in [4.69, 9.17) is 15.0 Å². The Bertz CT molecular complexity index is 2290. The minimum atomic E-state index is 0.00175. The molecule has 3 aromatic heterocycles. The molecule has 7 heteroatoms. The first kappa shape index (κ1) is 27.8. The van der Waals surface area contributed by atoms with Crippen LogP contribution in [0.15, 0.2) is 164 Å². The topological polar surface area (TPSA) is 67.7 Å². The molecule has 7 aromatic rings. The maximum atomic E-state index is 4.98. The van der Waals surface area contributed by atoms with E-state index >= 15 is 0 Å². The summed E-state index contributed by atoms with van der Waals surface area (Å²) in [7, 11) is 0. The standard InChI is InChI=1S/C41H27BN6/c1-3-11-28(12-4-1)33-19-20-34(29-13-5-2-6-14-29)38-37(33)35-18-17-30(25-36(35)48-24-8-7-21-42(38)48)39-45-40(31-15-9-22-43-26-31)47-41(46-39)32-16-10-23-44-27-32/h1-27H. The fourth-order valence-electron chi connectivity index (χ4n) is 6.76. The van der Waals surface area contributed by atoms with E-state index in [9.17, 15) is 0 Å². The summed E-state index contributed by atoms with van der Waals surface area (Å²) in [5.41, 5.74) is 12.2. The van der Waals surface area contributed by atoms with Crippen LogP contribution in [0.5, 0.6) is 0 Å². The Kier molecular flexibility index (Phi) is 6.79. The molecule has 224 valence electrons. The van der Waals surface area contributed by atoms with E-state index in [2.05, 4.69) is 130 Å². The molecule has 0 radical (unpaired) electrons. The Morgan fingerprint density at radius 3 is 1.67 bits per heavy atom. The van der Waals surface area contributed by atoms with Crippen LogP contribution in [0.4, 0.5) is 5.69 Å². The molecule has 0 spiro atoms. The Labute approximate surface area is 279 Å². The molecule has 48 heavy (non-hydrogen) atoms. The van der Waals surface area contributed by atoms with Crippen molar-refractivity contribution in [3.05, 3.63) is 164 Å². The van der Waals surface area contributed by atoms with Crippen LogP contribution in [-0.4, -0.2) is 31.8 Å². The number of allylic oxidation sites excluding steroid dienone is 2. The molecule has 5 heterocycles. The second kappa shape index (κ2) is 11.7. The van der Waals surface area contributed by atoms with Gasteiger partial charge in [-0.25, -0.2) is 15.0 Å². The van der Waals surface area contributed by atoms with E-state index < -0.39 is 0 Å². The molecule has 0 atom stereocenters. The van der Waals surface area contributed by atoms with Crippen molar-refractivity contribution in [3.63, 3.8) is 0 Å². The summed E-state index contributed by atoms with van der Waals surface area (Å²) in [6.45, 7) is 0.00175. The highest BCUT2D eigenvalue weighted by molar-refractivity contribution is 6.85. The maximum Gasteiger partial charge on any atom is 0.321 e. The van der Waals surface area contributed by atoms with Gasteiger partial charge in [-0.1, -0.05) is 97.0 Å². The lowest BCUT2D eigenvalue weighted by atomic mass is 9.47. The summed E-state index contributed by atoms with van der Waals surface area (Å²) < 4.78 is 0. The van der Waals surface area contributed by atoms with E-state index in [1.807, 2.05) is 24.3 Å². The van der Waals surface area contributed by atoms with Crippen molar-refractivity contribution in [1.29, 1.82) is 0 Å². The first-order valence-corrected chi connectivity index (χ1v) is 15.9. The number of aromatic nitrogens is 5. The molecule has 2 aliphatic rings. The molecule has 0 unspecified atom stereocenters. The highest BCUT2D eigenvalue weighted by atomic mass is 15.1. The first-order chi connectivity index (χ1) is 23.8. The van der Waals surface area contributed by atoms with E-state index in [-0.39, 0.29) is 6.85 Å². The summed E-state index contributed by atoms with van der Waals surface area (Å²) in [6, 6.07) is 40.2. The van der Waals surface area contributed by atoms with Crippen LogP contribution in [0.3, 0.4) is 0 Å². The lowest BCUT2D eigenvalue weighted by molar-refractivity contribution is 1.07. The average molecular weight is 615 g/mol. The van der Waals surface area contributed by atoms with Gasteiger partial charge in [-0.15, -0.1) is 0 Å². The predicted octanol–water partition coefficient (Wildman–Crippen LogP) is 8.30. The molecular weight excluding hydrogens is 587 g/mol. The van der Waals surface area contributed by atoms with Gasteiger partial charge in [0, 0.05) is 52.7 Å². The monoisotopic (exact) mass is 614 g/mol. The van der Waals surface area contributed by atoms with Crippen molar-refractivity contribution in [2.24, 2.45) is 0 Å². The van der Waals surface area contributed by atoms with Crippen molar-refractivity contribution < 1.29 is 0 Å². The Hall–Kier alpha value is -6.47. The van der Waals surface area contributed by atoms with Crippen molar-refractivity contribution in [2.45, 2.75) is 0 Å². The fraction of sp³-hybridized carbons (Fsp3) is 0. The Morgan fingerprint density at radius 2 is 1.04 bits per heavy atom. The molecular formula is C41H27BN6. The van der Waals surface area contributed by atoms with Crippen molar-refractivity contribution in [3.8, 4) is 67.5 Å². The summed E-state index contributed by atoms with van der Waals surface area (Å²) in [5, 5.41) is 0. The third-order valence-corrected chi connectivity index (χ3v) is 8.94. The molecule has 0 saturated carbocycles. The van der Waals surface area contributed by atoms with Crippen LogP contribution in [0.2, 0.25) is 0 Å². The molecule has 2 aliphatic heterocycles. The van der Waals surface area contributed by atoms with Gasteiger partial charge in [0.25, 0.3) is 0 Å².